The van der Waals surface area contributed by atoms with Crippen molar-refractivity contribution in [2.75, 3.05) is 6.54 Å². The minimum atomic E-state index is -0.213. The number of primary amides is 1. The Morgan fingerprint density at radius 2 is 1.86 bits per heavy atom. The number of carbonyl (C=O) groups is 1. The van der Waals surface area contributed by atoms with E-state index in [4.69, 9.17) is 5.73 Å². The molecule has 1 unspecified atom stereocenters. The molecule has 0 fully saturated rings. The van der Waals surface area contributed by atoms with Crippen LogP contribution >= 0.6 is 0 Å². The molecule has 0 spiro atoms. The smallest absolute Gasteiger partial charge is 0.234 e. The molecule has 3 heteroatoms. The van der Waals surface area contributed by atoms with E-state index in [9.17, 15) is 4.79 Å². The van der Waals surface area contributed by atoms with E-state index in [1.54, 1.807) is 0 Å². The van der Waals surface area contributed by atoms with Crippen LogP contribution in [0, 0.1) is 0 Å². The summed E-state index contributed by atoms with van der Waals surface area (Å²) in [6, 6.07) is -0.119. The molecular weight excluding hydrogens is 176 g/mol. The Labute approximate surface area is 87.4 Å². The van der Waals surface area contributed by atoms with Crippen LogP contribution in [0.4, 0.5) is 0 Å². The molecule has 1 amide bonds. The molecule has 0 saturated heterocycles. The summed E-state index contributed by atoms with van der Waals surface area (Å²) in [6.07, 6.45) is 6.60. The maximum Gasteiger partial charge on any atom is 0.234 e. The second kappa shape index (κ2) is 9.00. The van der Waals surface area contributed by atoms with E-state index in [0.717, 1.165) is 32.2 Å². The molecule has 3 nitrogen and oxygen atoms in total. The molecule has 0 aromatic heterocycles. The summed E-state index contributed by atoms with van der Waals surface area (Å²) in [5, 5.41) is 3.21. The molecule has 0 bridgehead atoms. The Morgan fingerprint density at radius 1 is 1.21 bits per heavy atom. The van der Waals surface area contributed by atoms with Crippen LogP contribution in [-0.2, 0) is 4.79 Å². The molecular formula is C11H24N2O. The van der Waals surface area contributed by atoms with Crippen molar-refractivity contribution in [3.05, 3.63) is 0 Å². The second-order valence-corrected chi connectivity index (χ2v) is 3.76. The number of nitrogens with one attached hydrogen (secondary N) is 1. The Balaban J connectivity index is 3.57. The topological polar surface area (TPSA) is 55.1 Å². The summed E-state index contributed by atoms with van der Waals surface area (Å²) in [7, 11) is 0. The molecule has 0 aromatic rings. The molecule has 0 saturated carbocycles. The summed E-state index contributed by atoms with van der Waals surface area (Å²) in [6.45, 7) is 5.20. The average molecular weight is 200 g/mol. The lowest BCUT2D eigenvalue weighted by molar-refractivity contribution is -0.120. The molecule has 0 aliphatic heterocycles. The van der Waals surface area contributed by atoms with Gasteiger partial charge in [0, 0.05) is 0 Å². The average Bonchev–Trinajstić information content (AvgIpc) is 2.16. The number of amides is 1. The summed E-state index contributed by atoms with van der Waals surface area (Å²) in [5.41, 5.74) is 5.29. The van der Waals surface area contributed by atoms with Crippen LogP contribution in [0.1, 0.15) is 52.4 Å². The lowest BCUT2D eigenvalue weighted by Crippen LogP contribution is -2.41. The lowest BCUT2D eigenvalue weighted by Gasteiger charge is -2.14. The number of hydrogen-bond acceptors (Lipinski definition) is 2. The zero-order valence-corrected chi connectivity index (χ0v) is 9.51. The van der Waals surface area contributed by atoms with E-state index < -0.39 is 0 Å². The zero-order valence-electron chi connectivity index (χ0n) is 9.51. The highest BCUT2D eigenvalue weighted by molar-refractivity contribution is 5.79. The standard InChI is InChI=1S/C11H24N2O/c1-3-5-7-9-13-10(11(12)14)8-6-4-2/h10,13H,3-9H2,1-2H3,(H2,12,14). The Bertz CT molecular complexity index is 148. The van der Waals surface area contributed by atoms with Crippen molar-refractivity contribution in [1.82, 2.24) is 5.32 Å². The lowest BCUT2D eigenvalue weighted by atomic mass is 10.1. The van der Waals surface area contributed by atoms with Crippen molar-refractivity contribution in [2.24, 2.45) is 5.73 Å². The number of nitrogens with two attached hydrogens (primary N) is 1. The van der Waals surface area contributed by atoms with Gasteiger partial charge in [-0.3, -0.25) is 4.79 Å². The van der Waals surface area contributed by atoms with Crippen LogP contribution in [0.3, 0.4) is 0 Å². The molecule has 84 valence electrons. The largest absolute Gasteiger partial charge is 0.368 e. The van der Waals surface area contributed by atoms with Gasteiger partial charge in [-0.05, 0) is 19.4 Å². The zero-order chi connectivity index (χ0) is 10.8. The number of rotatable bonds is 9. The van der Waals surface area contributed by atoms with Crippen molar-refractivity contribution < 1.29 is 4.79 Å². The van der Waals surface area contributed by atoms with Crippen molar-refractivity contribution in [2.45, 2.75) is 58.4 Å². The molecule has 0 heterocycles. The van der Waals surface area contributed by atoms with Gasteiger partial charge in [-0.2, -0.15) is 0 Å². The monoisotopic (exact) mass is 200 g/mol. The van der Waals surface area contributed by atoms with E-state index in [1.165, 1.54) is 12.8 Å². The third kappa shape index (κ3) is 6.89. The molecule has 0 radical (unpaired) electrons. The summed E-state index contributed by atoms with van der Waals surface area (Å²) in [4.78, 5) is 11.0. The molecule has 0 aromatic carbocycles. The molecule has 0 rings (SSSR count). The van der Waals surface area contributed by atoms with Crippen molar-refractivity contribution in [1.29, 1.82) is 0 Å². The predicted molar refractivity (Wildman–Crippen MR) is 60.0 cm³/mol. The van der Waals surface area contributed by atoms with Gasteiger partial charge in [0.2, 0.25) is 5.91 Å². The normalized spacial score (nSPS) is 12.7. The number of unbranched alkanes of at least 4 members (excludes halogenated alkanes) is 3. The highest BCUT2D eigenvalue weighted by atomic mass is 16.1. The van der Waals surface area contributed by atoms with Gasteiger partial charge in [-0.25, -0.2) is 0 Å². The first kappa shape index (κ1) is 13.4. The third-order valence-electron chi connectivity index (χ3n) is 2.36. The minimum Gasteiger partial charge on any atom is -0.368 e. The van der Waals surface area contributed by atoms with Gasteiger partial charge >= 0.3 is 0 Å². The van der Waals surface area contributed by atoms with E-state index in [2.05, 4.69) is 19.2 Å². The molecule has 14 heavy (non-hydrogen) atoms. The van der Waals surface area contributed by atoms with Crippen LogP contribution in [-0.4, -0.2) is 18.5 Å². The van der Waals surface area contributed by atoms with Crippen LogP contribution in [0.5, 0.6) is 0 Å². The van der Waals surface area contributed by atoms with Gasteiger partial charge in [0.15, 0.2) is 0 Å². The van der Waals surface area contributed by atoms with Crippen LogP contribution < -0.4 is 11.1 Å². The van der Waals surface area contributed by atoms with Gasteiger partial charge in [0.1, 0.15) is 0 Å². The van der Waals surface area contributed by atoms with Gasteiger partial charge in [0.05, 0.1) is 6.04 Å². The first-order valence-electron chi connectivity index (χ1n) is 5.75. The van der Waals surface area contributed by atoms with Crippen molar-refractivity contribution in [3.63, 3.8) is 0 Å². The highest BCUT2D eigenvalue weighted by Crippen LogP contribution is 2.00. The summed E-state index contributed by atoms with van der Waals surface area (Å²) in [5.74, 6) is -0.213. The Kier molecular flexibility index (Phi) is 8.64. The van der Waals surface area contributed by atoms with Gasteiger partial charge in [-0.15, -0.1) is 0 Å². The van der Waals surface area contributed by atoms with Gasteiger partial charge in [0.25, 0.3) is 0 Å². The van der Waals surface area contributed by atoms with Crippen LogP contribution in [0.15, 0.2) is 0 Å². The maximum atomic E-state index is 11.0. The van der Waals surface area contributed by atoms with E-state index in [-0.39, 0.29) is 11.9 Å². The second-order valence-electron chi connectivity index (χ2n) is 3.76. The van der Waals surface area contributed by atoms with E-state index >= 15 is 0 Å². The van der Waals surface area contributed by atoms with Crippen LogP contribution in [0.2, 0.25) is 0 Å². The molecule has 3 N–H and O–H groups in total. The summed E-state index contributed by atoms with van der Waals surface area (Å²) >= 11 is 0. The Hall–Kier alpha value is -0.570. The quantitative estimate of drug-likeness (QED) is 0.558. The molecule has 1 atom stereocenters. The fourth-order valence-electron chi connectivity index (χ4n) is 1.40. The fraction of sp³-hybridized carbons (Fsp3) is 0.909. The third-order valence-corrected chi connectivity index (χ3v) is 2.36. The van der Waals surface area contributed by atoms with E-state index in [1.807, 2.05) is 0 Å². The minimum absolute atomic E-state index is 0.119. The SMILES string of the molecule is CCCCCNC(CCCC)C(N)=O. The Morgan fingerprint density at radius 3 is 2.36 bits per heavy atom. The van der Waals surface area contributed by atoms with E-state index in [0.29, 0.717) is 0 Å². The fourth-order valence-corrected chi connectivity index (χ4v) is 1.40. The van der Waals surface area contributed by atoms with Gasteiger partial charge < -0.3 is 11.1 Å². The van der Waals surface area contributed by atoms with Crippen LogP contribution in [0.25, 0.3) is 0 Å². The maximum absolute atomic E-state index is 11.0. The first-order chi connectivity index (χ1) is 6.72. The summed E-state index contributed by atoms with van der Waals surface area (Å²) < 4.78 is 0. The molecule has 0 aliphatic carbocycles. The van der Waals surface area contributed by atoms with Gasteiger partial charge in [-0.1, -0.05) is 39.5 Å². The van der Waals surface area contributed by atoms with Crippen molar-refractivity contribution in [3.8, 4) is 0 Å². The number of hydrogen-bond donors (Lipinski definition) is 2. The first-order valence-corrected chi connectivity index (χ1v) is 5.75. The van der Waals surface area contributed by atoms with Crippen molar-refractivity contribution >= 4 is 5.91 Å². The highest BCUT2D eigenvalue weighted by Gasteiger charge is 2.12. The number of carbonyl (C=O) groups excluding carboxylic acids is 1. The predicted octanol–water partition coefficient (Wildman–Crippen LogP) is 1.81. The molecule has 0 aliphatic rings.